The highest BCUT2D eigenvalue weighted by Crippen LogP contribution is 2.22. The number of amides is 1. The van der Waals surface area contributed by atoms with E-state index in [0.29, 0.717) is 18.8 Å². The normalized spacial score (nSPS) is 20.5. The first kappa shape index (κ1) is 16.5. The van der Waals surface area contributed by atoms with Crippen molar-refractivity contribution < 1.29 is 4.79 Å². The molecule has 2 heterocycles. The number of halogens is 1. The molecule has 0 bridgehead atoms. The summed E-state index contributed by atoms with van der Waals surface area (Å²) in [6.07, 6.45) is 2.38. The number of anilines is 1. The maximum atomic E-state index is 12.4. The van der Waals surface area contributed by atoms with Gasteiger partial charge in [0.1, 0.15) is 11.1 Å². The standard InChI is InChI=1S/C17H19ClN4O2/c1-11-7-8-19-16(23)15(11)21-13-9-20-22(17(24)14(13)18)10-12-5-3-2-4-6-12/h2-6,9,11,15,21H,7-8,10H2,1H3,(H,19,23)/t11-,15-/m0/s1. The molecule has 7 heteroatoms. The number of benzene rings is 1. The van der Waals surface area contributed by atoms with Crippen molar-refractivity contribution in [3.05, 3.63) is 57.5 Å². The number of nitrogens with zero attached hydrogens (tertiary/aromatic N) is 2. The molecule has 0 aliphatic carbocycles. The Balaban J connectivity index is 1.82. The molecule has 3 rings (SSSR count). The minimum atomic E-state index is -0.414. The molecule has 126 valence electrons. The van der Waals surface area contributed by atoms with Crippen LogP contribution in [0.25, 0.3) is 0 Å². The topological polar surface area (TPSA) is 76.0 Å². The van der Waals surface area contributed by atoms with Crippen molar-refractivity contribution in [1.29, 1.82) is 0 Å². The molecule has 1 aromatic carbocycles. The summed E-state index contributed by atoms with van der Waals surface area (Å²) in [7, 11) is 0. The second-order valence-electron chi connectivity index (χ2n) is 6.00. The fraction of sp³-hybridized carbons (Fsp3) is 0.353. The molecule has 2 N–H and O–H groups in total. The number of carbonyl (C=O) groups is 1. The van der Waals surface area contributed by atoms with Crippen LogP contribution in [-0.2, 0) is 11.3 Å². The first-order valence-electron chi connectivity index (χ1n) is 7.90. The van der Waals surface area contributed by atoms with Gasteiger partial charge in [-0.25, -0.2) is 4.68 Å². The number of rotatable bonds is 4. The van der Waals surface area contributed by atoms with Gasteiger partial charge in [-0.15, -0.1) is 0 Å². The SMILES string of the molecule is C[C@H]1CCNC(=O)[C@H]1Nc1cnn(Cc2ccccc2)c(=O)c1Cl. The molecular weight excluding hydrogens is 328 g/mol. The first-order valence-corrected chi connectivity index (χ1v) is 8.28. The van der Waals surface area contributed by atoms with Gasteiger partial charge in [0, 0.05) is 6.54 Å². The van der Waals surface area contributed by atoms with E-state index in [4.69, 9.17) is 11.6 Å². The van der Waals surface area contributed by atoms with Crippen LogP contribution in [0.4, 0.5) is 5.69 Å². The van der Waals surface area contributed by atoms with Crippen LogP contribution in [0.2, 0.25) is 5.02 Å². The molecule has 2 aromatic rings. The summed E-state index contributed by atoms with van der Waals surface area (Å²) in [6.45, 7) is 3.01. The second kappa shape index (κ2) is 7.05. The Labute approximate surface area is 144 Å². The molecule has 1 aliphatic heterocycles. The third-order valence-corrected chi connectivity index (χ3v) is 4.59. The fourth-order valence-electron chi connectivity index (χ4n) is 2.77. The predicted molar refractivity (Wildman–Crippen MR) is 93.3 cm³/mol. The molecular formula is C17H19ClN4O2. The van der Waals surface area contributed by atoms with Gasteiger partial charge in [0.15, 0.2) is 0 Å². The molecule has 1 amide bonds. The van der Waals surface area contributed by atoms with Gasteiger partial charge in [-0.2, -0.15) is 5.10 Å². The molecule has 0 spiro atoms. The third-order valence-electron chi connectivity index (χ3n) is 4.22. The van der Waals surface area contributed by atoms with Crippen molar-refractivity contribution in [2.45, 2.75) is 25.9 Å². The van der Waals surface area contributed by atoms with Crippen molar-refractivity contribution in [3.8, 4) is 0 Å². The summed E-state index contributed by atoms with van der Waals surface area (Å²) < 4.78 is 1.31. The average molecular weight is 347 g/mol. The number of piperidine rings is 1. The zero-order chi connectivity index (χ0) is 17.1. The van der Waals surface area contributed by atoms with E-state index in [1.54, 1.807) is 0 Å². The zero-order valence-corrected chi connectivity index (χ0v) is 14.1. The number of aromatic nitrogens is 2. The molecule has 1 saturated heterocycles. The van der Waals surface area contributed by atoms with Crippen LogP contribution in [-0.4, -0.2) is 28.3 Å². The molecule has 0 radical (unpaired) electrons. The van der Waals surface area contributed by atoms with Gasteiger partial charge in [-0.05, 0) is 17.9 Å². The quantitative estimate of drug-likeness (QED) is 0.886. The van der Waals surface area contributed by atoms with E-state index in [0.717, 1.165) is 12.0 Å². The number of hydrogen-bond donors (Lipinski definition) is 2. The Morgan fingerprint density at radius 2 is 2.08 bits per heavy atom. The van der Waals surface area contributed by atoms with Crippen LogP contribution in [0.5, 0.6) is 0 Å². The van der Waals surface area contributed by atoms with E-state index < -0.39 is 6.04 Å². The zero-order valence-electron chi connectivity index (χ0n) is 13.3. The lowest BCUT2D eigenvalue weighted by atomic mass is 9.94. The smallest absolute Gasteiger partial charge is 0.287 e. The van der Waals surface area contributed by atoms with E-state index in [2.05, 4.69) is 15.7 Å². The number of nitrogens with one attached hydrogen (secondary N) is 2. The Morgan fingerprint density at radius 3 is 2.79 bits per heavy atom. The molecule has 6 nitrogen and oxygen atoms in total. The van der Waals surface area contributed by atoms with Crippen LogP contribution in [0, 0.1) is 5.92 Å². The summed E-state index contributed by atoms with van der Waals surface area (Å²) in [5.41, 5.74) is 0.971. The van der Waals surface area contributed by atoms with Crippen molar-refractivity contribution in [3.63, 3.8) is 0 Å². The Kier molecular flexibility index (Phi) is 4.85. The number of hydrogen-bond acceptors (Lipinski definition) is 4. The highest BCUT2D eigenvalue weighted by atomic mass is 35.5. The van der Waals surface area contributed by atoms with E-state index in [1.165, 1.54) is 10.9 Å². The van der Waals surface area contributed by atoms with Gasteiger partial charge < -0.3 is 10.6 Å². The Morgan fingerprint density at radius 1 is 1.33 bits per heavy atom. The molecule has 2 atom stereocenters. The lowest BCUT2D eigenvalue weighted by Crippen LogP contribution is -2.49. The summed E-state index contributed by atoms with van der Waals surface area (Å²) in [5, 5.41) is 10.1. The number of carbonyl (C=O) groups excluding carboxylic acids is 1. The lowest BCUT2D eigenvalue weighted by Gasteiger charge is -2.29. The Hall–Kier alpha value is -2.34. The van der Waals surface area contributed by atoms with Gasteiger partial charge in [0.25, 0.3) is 5.56 Å². The molecule has 24 heavy (non-hydrogen) atoms. The van der Waals surface area contributed by atoms with Gasteiger partial charge in [0.2, 0.25) is 5.91 Å². The third kappa shape index (κ3) is 3.43. The van der Waals surface area contributed by atoms with Crippen LogP contribution < -0.4 is 16.2 Å². The van der Waals surface area contributed by atoms with Crippen molar-refractivity contribution >= 4 is 23.2 Å². The predicted octanol–water partition coefficient (Wildman–Crippen LogP) is 1.88. The van der Waals surface area contributed by atoms with Crippen molar-refractivity contribution in [2.24, 2.45) is 5.92 Å². The van der Waals surface area contributed by atoms with Crippen LogP contribution in [0.15, 0.2) is 41.3 Å². The molecule has 1 aromatic heterocycles. The van der Waals surface area contributed by atoms with E-state index in [9.17, 15) is 9.59 Å². The second-order valence-corrected chi connectivity index (χ2v) is 6.38. The summed E-state index contributed by atoms with van der Waals surface area (Å²) in [6, 6.07) is 9.14. The van der Waals surface area contributed by atoms with E-state index in [-0.39, 0.29) is 22.4 Å². The van der Waals surface area contributed by atoms with Crippen LogP contribution in [0.3, 0.4) is 0 Å². The first-order chi connectivity index (χ1) is 11.6. The van der Waals surface area contributed by atoms with Crippen LogP contribution in [0.1, 0.15) is 18.9 Å². The Bertz CT molecular complexity index is 791. The molecule has 0 unspecified atom stereocenters. The molecule has 1 fully saturated rings. The minimum absolute atomic E-state index is 0.0477. The van der Waals surface area contributed by atoms with Gasteiger partial charge in [-0.1, -0.05) is 48.9 Å². The lowest BCUT2D eigenvalue weighted by molar-refractivity contribution is -0.124. The largest absolute Gasteiger partial charge is 0.371 e. The summed E-state index contributed by atoms with van der Waals surface area (Å²) >= 11 is 6.21. The monoisotopic (exact) mass is 346 g/mol. The highest BCUT2D eigenvalue weighted by Gasteiger charge is 2.29. The summed E-state index contributed by atoms with van der Waals surface area (Å²) in [5.74, 6) is 0.0693. The maximum Gasteiger partial charge on any atom is 0.287 e. The summed E-state index contributed by atoms with van der Waals surface area (Å²) in [4.78, 5) is 24.4. The van der Waals surface area contributed by atoms with Crippen molar-refractivity contribution in [1.82, 2.24) is 15.1 Å². The van der Waals surface area contributed by atoms with Gasteiger partial charge >= 0.3 is 0 Å². The maximum absolute atomic E-state index is 12.4. The molecule has 1 aliphatic rings. The van der Waals surface area contributed by atoms with Crippen molar-refractivity contribution in [2.75, 3.05) is 11.9 Å². The van der Waals surface area contributed by atoms with Gasteiger partial charge in [-0.3, -0.25) is 9.59 Å². The molecule has 0 saturated carbocycles. The van der Waals surface area contributed by atoms with Gasteiger partial charge in [0.05, 0.1) is 18.4 Å². The average Bonchev–Trinajstić information content (AvgIpc) is 2.58. The fourth-order valence-corrected chi connectivity index (χ4v) is 2.97. The van der Waals surface area contributed by atoms with Crippen LogP contribution >= 0.6 is 11.6 Å². The van der Waals surface area contributed by atoms with E-state index in [1.807, 2.05) is 37.3 Å². The van der Waals surface area contributed by atoms with E-state index >= 15 is 0 Å². The minimum Gasteiger partial charge on any atom is -0.371 e. The highest BCUT2D eigenvalue weighted by molar-refractivity contribution is 6.33.